The van der Waals surface area contributed by atoms with Crippen LogP contribution in [0.1, 0.15) is 23.6 Å². The van der Waals surface area contributed by atoms with Crippen molar-refractivity contribution in [1.82, 2.24) is 10.2 Å². The molecule has 0 bridgehead atoms. The van der Waals surface area contributed by atoms with Crippen LogP contribution < -0.4 is 19.1 Å². The third-order valence-electron chi connectivity index (χ3n) is 6.61. The average molecular weight is 568 g/mol. The maximum absolute atomic E-state index is 14.1. The molecule has 2 amide bonds. The number of nitrogens with one attached hydrogen (secondary N) is 1. The van der Waals surface area contributed by atoms with Gasteiger partial charge in [-0.1, -0.05) is 36.4 Å². The van der Waals surface area contributed by atoms with E-state index in [4.69, 9.17) is 9.47 Å². The number of ether oxygens (including phenoxy) is 2. The van der Waals surface area contributed by atoms with Crippen molar-refractivity contribution in [3.8, 4) is 11.5 Å². The van der Waals surface area contributed by atoms with Crippen LogP contribution in [-0.4, -0.2) is 65.5 Å². The lowest BCUT2D eigenvalue weighted by molar-refractivity contribution is -0.138. The summed E-state index contributed by atoms with van der Waals surface area (Å²) >= 11 is 0. The Hall–Kier alpha value is -4.05. The first-order valence-electron chi connectivity index (χ1n) is 12.9. The van der Waals surface area contributed by atoms with Crippen LogP contribution in [-0.2, 0) is 26.0 Å². The number of methoxy groups -OCH3 is 2. The van der Waals surface area contributed by atoms with Gasteiger partial charge in [-0.25, -0.2) is 8.42 Å². The summed E-state index contributed by atoms with van der Waals surface area (Å²) in [6.07, 6.45) is 0.500. The van der Waals surface area contributed by atoms with E-state index in [9.17, 15) is 18.0 Å². The van der Waals surface area contributed by atoms with E-state index in [2.05, 4.69) is 5.32 Å². The molecule has 0 aliphatic rings. The highest BCUT2D eigenvalue weighted by atomic mass is 32.2. The van der Waals surface area contributed by atoms with Gasteiger partial charge in [0.05, 0.1) is 24.8 Å². The van der Waals surface area contributed by atoms with Crippen LogP contribution >= 0.6 is 0 Å². The molecule has 3 aromatic rings. The molecule has 0 aromatic heterocycles. The molecular weight excluding hydrogens is 530 g/mol. The topological polar surface area (TPSA) is 105 Å². The summed E-state index contributed by atoms with van der Waals surface area (Å²) in [5, 5.41) is 2.59. The number of rotatable bonds is 12. The predicted molar refractivity (Wildman–Crippen MR) is 155 cm³/mol. The smallest absolute Gasteiger partial charge is 0.264 e. The molecule has 0 spiro atoms. The lowest BCUT2D eigenvalue weighted by Gasteiger charge is -2.32. The number of hydrogen-bond acceptors (Lipinski definition) is 6. The van der Waals surface area contributed by atoms with Gasteiger partial charge in [-0.2, -0.15) is 0 Å². The Morgan fingerprint density at radius 3 is 2.10 bits per heavy atom. The zero-order chi connectivity index (χ0) is 29.4. The standard InChI is InChI=1S/C30H37N3O6S/c1-21-16-22(2)18-25(17-21)33(40(36,37)26-12-13-27(38-5)28(19-26)39-6)20-29(34)32(23(3)30(35)31-4)15-14-24-10-8-7-9-11-24/h7-13,16-19,23H,14-15,20H2,1-6H3,(H,31,35)/t23-/m1/s1. The van der Waals surface area contributed by atoms with Crippen molar-refractivity contribution < 1.29 is 27.5 Å². The van der Waals surface area contributed by atoms with Crippen LogP contribution in [0.15, 0.2) is 71.6 Å². The van der Waals surface area contributed by atoms with Crippen LogP contribution in [0.2, 0.25) is 0 Å². The molecule has 214 valence electrons. The van der Waals surface area contributed by atoms with Crippen molar-refractivity contribution in [3.05, 3.63) is 83.4 Å². The number of likely N-dealkylation sites (N-methyl/N-ethyl adjacent to an activating group) is 1. The summed E-state index contributed by atoms with van der Waals surface area (Å²) < 4.78 is 39.9. The second-order valence-electron chi connectivity index (χ2n) is 9.49. The predicted octanol–water partition coefficient (Wildman–Crippen LogP) is 3.72. The first-order valence-corrected chi connectivity index (χ1v) is 14.3. The van der Waals surface area contributed by atoms with E-state index in [0.29, 0.717) is 17.9 Å². The van der Waals surface area contributed by atoms with Crippen molar-refractivity contribution in [2.24, 2.45) is 0 Å². The molecule has 9 nitrogen and oxygen atoms in total. The number of carbonyl (C=O) groups excluding carboxylic acids is 2. The molecule has 0 aliphatic heterocycles. The van der Waals surface area contributed by atoms with E-state index in [-0.39, 0.29) is 23.1 Å². The molecule has 10 heteroatoms. The van der Waals surface area contributed by atoms with Gasteiger partial charge in [0.15, 0.2) is 11.5 Å². The average Bonchev–Trinajstić information content (AvgIpc) is 2.94. The third-order valence-corrected chi connectivity index (χ3v) is 8.38. The molecule has 0 fully saturated rings. The fourth-order valence-corrected chi connectivity index (χ4v) is 5.92. The van der Waals surface area contributed by atoms with Crippen molar-refractivity contribution in [3.63, 3.8) is 0 Å². The molecule has 3 rings (SSSR count). The normalized spacial score (nSPS) is 11.8. The first-order chi connectivity index (χ1) is 19.0. The van der Waals surface area contributed by atoms with E-state index in [1.165, 1.54) is 44.4 Å². The molecule has 1 N–H and O–H groups in total. The summed E-state index contributed by atoms with van der Waals surface area (Å²) in [6.45, 7) is 5.08. The van der Waals surface area contributed by atoms with E-state index in [1.807, 2.05) is 50.2 Å². The fraction of sp³-hybridized carbons (Fsp3) is 0.333. The van der Waals surface area contributed by atoms with Gasteiger partial charge in [-0.15, -0.1) is 0 Å². The monoisotopic (exact) mass is 567 g/mol. The number of amides is 2. The van der Waals surface area contributed by atoms with Crippen molar-refractivity contribution in [2.75, 3.05) is 38.7 Å². The fourth-order valence-electron chi connectivity index (χ4n) is 4.51. The van der Waals surface area contributed by atoms with Crippen molar-refractivity contribution in [2.45, 2.75) is 38.1 Å². The van der Waals surface area contributed by atoms with Gasteiger partial charge in [-0.05, 0) is 68.1 Å². The van der Waals surface area contributed by atoms with Crippen LogP contribution in [0.25, 0.3) is 0 Å². The first kappa shape index (κ1) is 30.5. The third kappa shape index (κ3) is 7.12. The highest BCUT2D eigenvalue weighted by Crippen LogP contribution is 2.33. The van der Waals surface area contributed by atoms with Gasteiger partial charge in [0, 0.05) is 19.7 Å². The summed E-state index contributed by atoms with van der Waals surface area (Å²) in [4.78, 5) is 27.8. The number of sulfonamides is 1. The minimum absolute atomic E-state index is 0.0627. The van der Waals surface area contributed by atoms with Gasteiger partial charge in [-0.3, -0.25) is 13.9 Å². The molecule has 3 aromatic carbocycles. The summed E-state index contributed by atoms with van der Waals surface area (Å²) in [5.74, 6) is -0.229. The van der Waals surface area contributed by atoms with Gasteiger partial charge in [0.25, 0.3) is 10.0 Å². The van der Waals surface area contributed by atoms with Crippen LogP contribution in [0, 0.1) is 13.8 Å². The van der Waals surface area contributed by atoms with E-state index < -0.39 is 28.5 Å². The number of hydrogen-bond donors (Lipinski definition) is 1. The van der Waals surface area contributed by atoms with E-state index in [0.717, 1.165) is 21.0 Å². The van der Waals surface area contributed by atoms with Crippen LogP contribution in [0.5, 0.6) is 11.5 Å². The minimum atomic E-state index is -4.24. The Kier molecular flexibility index (Phi) is 10.2. The summed E-state index contributed by atoms with van der Waals surface area (Å²) in [5.41, 5.74) is 3.02. The quantitative estimate of drug-likeness (QED) is 0.358. The largest absolute Gasteiger partial charge is 0.493 e. The Balaban J connectivity index is 2.06. The second-order valence-corrected chi connectivity index (χ2v) is 11.3. The highest BCUT2D eigenvalue weighted by Gasteiger charge is 2.32. The lowest BCUT2D eigenvalue weighted by Crippen LogP contribution is -2.51. The minimum Gasteiger partial charge on any atom is -0.493 e. The molecule has 0 heterocycles. The zero-order valence-electron chi connectivity index (χ0n) is 23.8. The molecule has 0 aliphatic carbocycles. The zero-order valence-corrected chi connectivity index (χ0v) is 24.6. The Labute approximate surface area is 236 Å². The molecule has 40 heavy (non-hydrogen) atoms. The maximum atomic E-state index is 14.1. The van der Waals surface area contributed by atoms with Gasteiger partial charge < -0.3 is 19.7 Å². The molecule has 0 radical (unpaired) electrons. The molecule has 0 saturated carbocycles. The lowest BCUT2D eigenvalue weighted by atomic mass is 10.1. The molecule has 1 atom stereocenters. The van der Waals surface area contributed by atoms with Crippen molar-refractivity contribution in [1.29, 1.82) is 0 Å². The van der Waals surface area contributed by atoms with Gasteiger partial charge >= 0.3 is 0 Å². The van der Waals surface area contributed by atoms with Crippen molar-refractivity contribution >= 4 is 27.5 Å². The number of anilines is 1. The number of benzene rings is 3. The summed E-state index contributed by atoms with van der Waals surface area (Å²) in [6, 6.07) is 18.4. The van der Waals surface area contributed by atoms with E-state index in [1.54, 1.807) is 19.1 Å². The number of carbonyl (C=O) groups is 2. The Bertz CT molecular complexity index is 1420. The Morgan fingerprint density at radius 1 is 0.900 bits per heavy atom. The van der Waals surface area contributed by atoms with Gasteiger partial charge in [0.1, 0.15) is 12.6 Å². The second kappa shape index (κ2) is 13.3. The highest BCUT2D eigenvalue weighted by molar-refractivity contribution is 7.92. The molecule has 0 saturated heterocycles. The molecule has 0 unspecified atom stereocenters. The Morgan fingerprint density at radius 2 is 1.52 bits per heavy atom. The number of nitrogens with zero attached hydrogens (tertiary/aromatic N) is 2. The van der Waals surface area contributed by atoms with Gasteiger partial charge in [0.2, 0.25) is 11.8 Å². The van der Waals surface area contributed by atoms with Crippen LogP contribution in [0.4, 0.5) is 5.69 Å². The SMILES string of the molecule is CNC(=O)[C@@H](C)N(CCc1ccccc1)C(=O)CN(c1cc(C)cc(C)c1)S(=O)(=O)c1ccc(OC)c(OC)c1. The summed E-state index contributed by atoms with van der Waals surface area (Å²) in [7, 11) is 0.143. The van der Waals surface area contributed by atoms with E-state index >= 15 is 0 Å². The molecular formula is C30H37N3O6S. The maximum Gasteiger partial charge on any atom is 0.264 e. The number of aryl methyl sites for hydroxylation is 2. The van der Waals surface area contributed by atoms with Crippen LogP contribution in [0.3, 0.4) is 0 Å².